The Morgan fingerprint density at radius 2 is 1.95 bits per heavy atom. The van der Waals surface area contributed by atoms with E-state index in [1.807, 2.05) is 12.1 Å². The number of aromatic amines is 1. The average molecular weight is 295 g/mol. The third-order valence-corrected chi connectivity index (χ3v) is 3.73. The highest BCUT2D eigenvalue weighted by atomic mass is 16.5. The van der Waals surface area contributed by atoms with E-state index in [4.69, 9.17) is 4.74 Å². The van der Waals surface area contributed by atoms with Gasteiger partial charge in [0.05, 0.1) is 24.7 Å². The number of methoxy groups -OCH3 is 1. The number of nitrogens with zero attached hydrogens (tertiary/aromatic N) is 1. The molecule has 114 valence electrons. The molecule has 0 aliphatic heterocycles. The van der Waals surface area contributed by atoms with Crippen LogP contribution in [0.3, 0.4) is 0 Å². The molecular weight excluding hydrogens is 274 g/mol. The molecular formula is C18H21N3O. The first-order valence-corrected chi connectivity index (χ1v) is 7.53. The molecule has 2 N–H and O–H groups in total. The number of fused-ring (bicyclic) bond motifs is 1. The zero-order valence-electron chi connectivity index (χ0n) is 13.0. The number of benzene rings is 2. The molecule has 0 aliphatic carbocycles. The van der Waals surface area contributed by atoms with E-state index in [1.54, 1.807) is 7.11 Å². The average Bonchev–Trinajstić information content (AvgIpc) is 2.94. The number of nitrogens with one attached hydrogen (secondary N) is 2. The van der Waals surface area contributed by atoms with Crippen LogP contribution < -0.4 is 10.1 Å². The molecule has 0 unspecified atom stereocenters. The molecule has 0 spiro atoms. The largest absolute Gasteiger partial charge is 0.497 e. The van der Waals surface area contributed by atoms with E-state index in [9.17, 15) is 0 Å². The molecule has 2 aromatic carbocycles. The molecule has 3 rings (SSSR count). The molecule has 3 aromatic rings. The summed E-state index contributed by atoms with van der Waals surface area (Å²) >= 11 is 0. The Hall–Kier alpha value is -2.33. The van der Waals surface area contributed by atoms with Crippen molar-refractivity contribution in [1.82, 2.24) is 15.3 Å². The first kappa shape index (κ1) is 14.6. The first-order chi connectivity index (χ1) is 10.7. The highest BCUT2D eigenvalue weighted by Gasteiger charge is 2.02. The fourth-order valence-electron chi connectivity index (χ4n) is 2.49. The number of aromatic nitrogens is 2. The quantitative estimate of drug-likeness (QED) is 0.687. The third kappa shape index (κ3) is 3.46. The first-order valence-electron chi connectivity index (χ1n) is 7.53. The zero-order chi connectivity index (χ0) is 15.4. The lowest BCUT2D eigenvalue weighted by molar-refractivity contribution is 0.414. The highest BCUT2D eigenvalue weighted by molar-refractivity contribution is 5.75. The molecule has 1 aromatic heterocycles. The van der Waals surface area contributed by atoms with Crippen LogP contribution in [-0.2, 0) is 13.0 Å². The van der Waals surface area contributed by atoms with E-state index < -0.39 is 0 Å². The molecule has 1 heterocycles. The van der Waals surface area contributed by atoms with Gasteiger partial charge in [0.1, 0.15) is 11.6 Å². The second-order valence-electron chi connectivity index (χ2n) is 5.48. The van der Waals surface area contributed by atoms with Crippen LogP contribution in [0.4, 0.5) is 0 Å². The zero-order valence-corrected chi connectivity index (χ0v) is 13.0. The molecule has 0 fully saturated rings. The molecule has 22 heavy (non-hydrogen) atoms. The fourth-order valence-corrected chi connectivity index (χ4v) is 2.49. The van der Waals surface area contributed by atoms with Gasteiger partial charge in [0.25, 0.3) is 0 Å². The lowest BCUT2D eigenvalue weighted by Gasteiger charge is -2.04. The van der Waals surface area contributed by atoms with E-state index in [-0.39, 0.29) is 0 Å². The third-order valence-electron chi connectivity index (χ3n) is 3.73. The summed E-state index contributed by atoms with van der Waals surface area (Å²) in [6, 6.07) is 14.5. The highest BCUT2D eigenvalue weighted by Crippen LogP contribution is 2.13. The normalized spacial score (nSPS) is 11.0. The van der Waals surface area contributed by atoms with Gasteiger partial charge in [-0.15, -0.1) is 0 Å². The Morgan fingerprint density at radius 3 is 2.73 bits per heavy atom. The number of rotatable bonds is 6. The SMILES string of the molecule is COc1ccc(CCNCc2nc3ccc(C)cc3[nH]2)cc1. The van der Waals surface area contributed by atoms with Crippen LogP contribution in [0.5, 0.6) is 5.75 Å². The van der Waals surface area contributed by atoms with Crippen LogP contribution in [0.1, 0.15) is 17.0 Å². The second-order valence-corrected chi connectivity index (χ2v) is 5.48. The lowest BCUT2D eigenvalue weighted by Crippen LogP contribution is -2.17. The van der Waals surface area contributed by atoms with E-state index in [1.165, 1.54) is 11.1 Å². The van der Waals surface area contributed by atoms with Gasteiger partial charge in [-0.2, -0.15) is 0 Å². The second kappa shape index (κ2) is 6.62. The molecule has 0 aliphatic rings. The molecule has 0 atom stereocenters. The summed E-state index contributed by atoms with van der Waals surface area (Å²) in [5.41, 5.74) is 4.67. The topological polar surface area (TPSA) is 49.9 Å². The van der Waals surface area contributed by atoms with Crippen molar-refractivity contribution in [2.24, 2.45) is 0 Å². The minimum Gasteiger partial charge on any atom is -0.497 e. The van der Waals surface area contributed by atoms with Crippen LogP contribution in [0.25, 0.3) is 11.0 Å². The summed E-state index contributed by atoms with van der Waals surface area (Å²) in [6.07, 6.45) is 0.989. The van der Waals surface area contributed by atoms with Crippen molar-refractivity contribution in [1.29, 1.82) is 0 Å². The summed E-state index contributed by atoms with van der Waals surface area (Å²) in [5.74, 6) is 1.88. The van der Waals surface area contributed by atoms with Crippen molar-refractivity contribution in [2.45, 2.75) is 19.9 Å². The van der Waals surface area contributed by atoms with Crippen LogP contribution in [0, 0.1) is 6.92 Å². The standard InChI is InChI=1S/C18H21N3O/c1-13-3-8-16-17(11-13)21-18(20-16)12-19-10-9-14-4-6-15(22-2)7-5-14/h3-8,11,19H,9-10,12H2,1-2H3,(H,20,21). The Bertz CT molecular complexity index is 747. The molecule has 0 radical (unpaired) electrons. The molecule has 0 saturated carbocycles. The number of imidazole rings is 1. The Balaban J connectivity index is 1.51. The van der Waals surface area contributed by atoms with Gasteiger partial charge in [0.15, 0.2) is 0 Å². The number of aryl methyl sites for hydroxylation is 1. The van der Waals surface area contributed by atoms with E-state index in [2.05, 4.69) is 52.5 Å². The molecule has 0 amide bonds. The predicted molar refractivity (Wildman–Crippen MR) is 89.2 cm³/mol. The molecule has 0 bridgehead atoms. The smallest absolute Gasteiger partial charge is 0.121 e. The summed E-state index contributed by atoms with van der Waals surface area (Å²) in [6.45, 7) is 3.76. The summed E-state index contributed by atoms with van der Waals surface area (Å²) in [5, 5.41) is 3.43. The van der Waals surface area contributed by atoms with Gasteiger partial charge in [0.2, 0.25) is 0 Å². The van der Waals surface area contributed by atoms with Gasteiger partial charge < -0.3 is 15.0 Å². The number of ether oxygens (including phenoxy) is 1. The van der Waals surface area contributed by atoms with Crippen LogP contribution >= 0.6 is 0 Å². The molecule has 4 heteroatoms. The minimum absolute atomic E-state index is 0.754. The van der Waals surface area contributed by atoms with Crippen molar-refractivity contribution in [3.8, 4) is 5.75 Å². The monoisotopic (exact) mass is 295 g/mol. The van der Waals surface area contributed by atoms with Crippen LogP contribution in [0.15, 0.2) is 42.5 Å². The van der Waals surface area contributed by atoms with Gasteiger partial charge in [-0.1, -0.05) is 18.2 Å². The summed E-state index contributed by atoms with van der Waals surface area (Å²) < 4.78 is 5.16. The van der Waals surface area contributed by atoms with Crippen LogP contribution in [0.2, 0.25) is 0 Å². The van der Waals surface area contributed by atoms with Crippen molar-refractivity contribution >= 4 is 11.0 Å². The van der Waals surface area contributed by atoms with E-state index >= 15 is 0 Å². The van der Waals surface area contributed by atoms with Gasteiger partial charge in [-0.25, -0.2) is 4.98 Å². The number of H-pyrrole nitrogens is 1. The number of hydrogen-bond donors (Lipinski definition) is 2. The molecule has 0 saturated heterocycles. The summed E-state index contributed by atoms with van der Waals surface area (Å²) in [4.78, 5) is 7.95. The minimum atomic E-state index is 0.754. The fraction of sp³-hybridized carbons (Fsp3) is 0.278. The van der Waals surface area contributed by atoms with Gasteiger partial charge >= 0.3 is 0 Å². The van der Waals surface area contributed by atoms with Gasteiger partial charge in [-0.05, 0) is 55.3 Å². The van der Waals surface area contributed by atoms with E-state index in [0.717, 1.165) is 42.1 Å². The Morgan fingerprint density at radius 1 is 1.14 bits per heavy atom. The maximum absolute atomic E-state index is 5.16. The maximum Gasteiger partial charge on any atom is 0.121 e. The van der Waals surface area contributed by atoms with Crippen LogP contribution in [-0.4, -0.2) is 23.6 Å². The van der Waals surface area contributed by atoms with Gasteiger partial charge in [-0.3, -0.25) is 0 Å². The van der Waals surface area contributed by atoms with Crippen molar-refractivity contribution in [3.63, 3.8) is 0 Å². The predicted octanol–water partition coefficient (Wildman–Crippen LogP) is 3.21. The van der Waals surface area contributed by atoms with Crippen molar-refractivity contribution in [2.75, 3.05) is 13.7 Å². The summed E-state index contributed by atoms with van der Waals surface area (Å²) in [7, 11) is 1.69. The van der Waals surface area contributed by atoms with Crippen molar-refractivity contribution < 1.29 is 4.74 Å². The van der Waals surface area contributed by atoms with E-state index in [0.29, 0.717) is 0 Å². The number of hydrogen-bond acceptors (Lipinski definition) is 3. The maximum atomic E-state index is 5.16. The Kier molecular flexibility index (Phi) is 4.39. The Labute approximate surface area is 130 Å². The lowest BCUT2D eigenvalue weighted by atomic mass is 10.1. The van der Waals surface area contributed by atoms with Gasteiger partial charge in [0, 0.05) is 0 Å². The van der Waals surface area contributed by atoms with Crippen molar-refractivity contribution in [3.05, 3.63) is 59.4 Å². The molecule has 4 nitrogen and oxygen atoms in total.